The summed E-state index contributed by atoms with van der Waals surface area (Å²) >= 11 is 0. The molecule has 1 amide bonds. The van der Waals surface area contributed by atoms with E-state index in [-0.39, 0.29) is 11.9 Å². The number of hydrogen-bond acceptors (Lipinski definition) is 4. The Kier molecular flexibility index (Phi) is 5.18. The molecule has 6 rings (SSSR count). The van der Waals surface area contributed by atoms with Crippen LogP contribution in [0.25, 0.3) is 22.0 Å². The maximum Gasteiger partial charge on any atom is 0.254 e. The molecule has 1 aliphatic carbocycles. The molecule has 6 nitrogen and oxygen atoms in total. The molecule has 2 unspecified atom stereocenters. The van der Waals surface area contributed by atoms with Gasteiger partial charge in [-0.15, -0.1) is 0 Å². The molecule has 2 aliphatic rings. The van der Waals surface area contributed by atoms with Crippen LogP contribution >= 0.6 is 0 Å². The van der Waals surface area contributed by atoms with Crippen LogP contribution in [0.1, 0.15) is 52.7 Å². The van der Waals surface area contributed by atoms with E-state index in [9.17, 15) is 9.90 Å². The zero-order valence-electron chi connectivity index (χ0n) is 19.3. The van der Waals surface area contributed by atoms with Gasteiger partial charge in [0.05, 0.1) is 24.0 Å². The number of carbonyl (C=O) groups is 1. The molecule has 0 radical (unpaired) electrons. The fourth-order valence-corrected chi connectivity index (χ4v) is 5.61. The maximum atomic E-state index is 13.5. The molecule has 4 aromatic rings. The third-order valence-electron chi connectivity index (χ3n) is 7.38. The minimum Gasteiger partial charge on any atom is -0.391 e. The molecule has 3 heterocycles. The molecule has 1 fully saturated rings. The molecule has 2 aromatic carbocycles. The monoisotopic (exact) mass is 452 g/mol. The summed E-state index contributed by atoms with van der Waals surface area (Å²) in [5.74, 6) is 0.0537. The first kappa shape index (κ1) is 21.1. The molecular formula is C28H28N4O2. The first-order valence-electron chi connectivity index (χ1n) is 12.0. The first-order chi connectivity index (χ1) is 16.6. The lowest BCUT2D eigenvalue weighted by molar-refractivity contribution is 0.0192. The van der Waals surface area contributed by atoms with Crippen molar-refractivity contribution in [3.8, 4) is 11.3 Å². The van der Waals surface area contributed by atoms with Gasteiger partial charge >= 0.3 is 0 Å². The van der Waals surface area contributed by atoms with E-state index in [2.05, 4.69) is 40.4 Å². The van der Waals surface area contributed by atoms with E-state index < -0.39 is 6.10 Å². The van der Waals surface area contributed by atoms with Crippen LogP contribution in [-0.4, -0.2) is 42.8 Å². The zero-order valence-corrected chi connectivity index (χ0v) is 19.3. The Morgan fingerprint density at radius 1 is 1.06 bits per heavy atom. The van der Waals surface area contributed by atoms with Crippen molar-refractivity contribution < 1.29 is 9.90 Å². The largest absolute Gasteiger partial charge is 0.391 e. The summed E-state index contributed by atoms with van der Waals surface area (Å²) < 4.78 is 1.77. The van der Waals surface area contributed by atoms with Crippen molar-refractivity contribution >= 4 is 16.7 Å². The molecule has 0 spiro atoms. The van der Waals surface area contributed by atoms with E-state index in [1.807, 2.05) is 42.7 Å². The molecule has 1 N–H and O–H groups in total. The van der Waals surface area contributed by atoms with Crippen LogP contribution in [0.4, 0.5) is 0 Å². The van der Waals surface area contributed by atoms with E-state index in [4.69, 9.17) is 0 Å². The lowest BCUT2D eigenvalue weighted by atomic mass is 9.91. The zero-order chi connectivity index (χ0) is 23.2. The summed E-state index contributed by atoms with van der Waals surface area (Å²) in [6, 6.07) is 14.5. The van der Waals surface area contributed by atoms with Crippen molar-refractivity contribution in [2.45, 2.75) is 50.8 Å². The number of nitrogens with zero attached hydrogens (tertiary/aromatic N) is 4. The highest BCUT2D eigenvalue weighted by molar-refractivity contribution is 6.05. The second-order valence-electron chi connectivity index (χ2n) is 9.59. The molecule has 1 saturated carbocycles. The van der Waals surface area contributed by atoms with Crippen molar-refractivity contribution in [1.29, 1.82) is 0 Å². The third kappa shape index (κ3) is 3.59. The fraction of sp³-hybridized carbons (Fsp3) is 0.321. The van der Waals surface area contributed by atoms with Crippen LogP contribution in [0.5, 0.6) is 0 Å². The van der Waals surface area contributed by atoms with Crippen molar-refractivity contribution in [1.82, 2.24) is 19.7 Å². The number of rotatable bonds is 4. The highest BCUT2D eigenvalue weighted by Crippen LogP contribution is 2.37. The predicted octanol–water partition coefficient (Wildman–Crippen LogP) is 4.49. The van der Waals surface area contributed by atoms with Gasteiger partial charge < -0.3 is 10.0 Å². The summed E-state index contributed by atoms with van der Waals surface area (Å²) in [5.41, 5.74) is 5.99. The molecule has 1 aliphatic heterocycles. The molecule has 2 atom stereocenters. The average molecular weight is 453 g/mol. The van der Waals surface area contributed by atoms with Crippen LogP contribution < -0.4 is 0 Å². The standard InChI is InChI=1S/C28H28N4O2/c1-31-16-20(15-30-31)25-11-10-18(14-29-25)12-19-13-23-24(22-7-3-2-6-21(19)22)17-32(28(23)34)26-8-4-5-9-27(26)33/h2-3,6-7,10-11,13-16,26-27,33H,4-5,8-9,12,17H2,1H3. The smallest absolute Gasteiger partial charge is 0.254 e. The summed E-state index contributed by atoms with van der Waals surface area (Å²) in [7, 11) is 1.90. The van der Waals surface area contributed by atoms with Crippen LogP contribution in [0.15, 0.2) is 61.1 Å². The Morgan fingerprint density at radius 2 is 1.88 bits per heavy atom. The van der Waals surface area contributed by atoms with E-state index in [1.54, 1.807) is 4.68 Å². The second kappa shape index (κ2) is 8.37. The Hall–Kier alpha value is -3.51. The van der Waals surface area contributed by atoms with E-state index in [1.165, 1.54) is 5.39 Å². The lowest BCUT2D eigenvalue weighted by Gasteiger charge is -2.35. The SMILES string of the molecule is Cn1cc(-c2ccc(Cc3cc4c(c5ccccc35)CN(C3CCCCC3O)C4=O)cn2)cn1. The number of aliphatic hydroxyl groups excluding tert-OH is 1. The number of pyridine rings is 1. The van der Waals surface area contributed by atoms with Gasteiger partial charge in [-0.25, -0.2) is 0 Å². The van der Waals surface area contributed by atoms with Gasteiger partial charge in [0.1, 0.15) is 0 Å². The van der Waals surface area contributed by atoms with E-state index in [0.29, 0.717) is 13.0 Å². The van der Waals surface area contributed by atoms with Crippen molar-refractivity contribution in [3.05, 3.63) is 83.3 Å². The summed E-state index contributed by atoms with van der Waals surface area (Å²) in [4.78, 5) is 20.1. The third-order valence-corrected chi connectivity index (χ3v) is 7.38. The number of hydrogen-bond donors (Lipinski definition) is 1. The minimum absolute atomic E-state index is 0.0537. The number of carbonyl (C=O) groups excluding carboxylic acids is 1. The predicted molar refractivity (Wildman–Crippen MR) is 131 cm³/mol. The normalized spacial score (nSPS) is 20.2. The number of benzene rings is 2. The molecule has 6 heteroatoms. The van der Waals surface area contributed by atoms with Crippen molar-refractivity contribution in [2.75, 3.05) is 0 Å². The van der Waals surface area contributed by atoms with E-state index >= 15 is 0 Å². The Labute approximate surface area is 198 Å². The fourth-order valence-electron chi connectivity index (χ4n) is 5.61. The first-order valence-corrected chi connectivity index (χ1v) is 12.0. The van der Waals surface area contributed by atoms with Gasteiger partial charge in [-0.05, 0) is 58.9 Å². The van der Waals surface area contributed by atoms with Gasteiger partial charge in [-0.2, -0.15) is 5.10 Å². The highest BCUT2D eigenvalue weighted by atomic mass is 16.3. The molecule has 172 valence electrons. The van der Waals surface area contributed by atoms with Crippen LogP contribution in [0.2, 0.25) is 0 Å². The summed E-state index contributed by atoms with van der Waals surface area (Å²) in [6.45, 7) is 0.581. The van der Waals surface area contributed by atoms with Gasteiger partial charge in [0.15, 0.2) is 0 Å². The van der Waals surface area contributed by atoms with Gasteiger partial charge in [0, 0.05) is 37.1 Å². The van der Waals surface area contributed by atoms with Gasteiger partial charge in [-0.3, -0.25) is 14.5 Å². The van der Waals surface area contributed by atoms with Gasteiger partial charge in [-0.1, -0.05) is 43.2 Å². The number of fused-ring (bicyclic) bond motifs is 3. The van der Waals surface area contributed by atoms with Gasteiger partial charge in [0.2, 0.25) is 0 Å². The minimum atomic E-state index is -0.429. The molecular weight excluding hydrogens is 424 g/mol. The molecule has 2 aromatic heterocycles. The Morgan fingerprint density at radius 3 is 2.62 bits per heavy atom. The summed E-state index contributed by atoms with van der Waals surface area (Å²) in [6.07, 6.45) is 9.71. The molecule has 0 saturated heterocycles. The molecule has 0 bridgehead atoms. The van der Waals surface area contributed by atoms with Crippen LogP contribution in [-0.2, 0) is 20.0 Å². The number of amides is 1. The number of aromatic nitrogens is 3. The maximum absolute atomic E-state index is 13.5. The molecule has 34 heavy (non-hydrogen) atoms. The number of aryl methyl sites for hydroxylation is 1. The highest BCUT2D eigenvalue weighted by Gasteiger charge is 2.38. The average Bonchev–Trinajstić information content (AvgIpc) is 3.44. The summed E-state index contributed by atoms with van der Waals surface area (Å²) in [5, 5.41) is 17.1. The van der Waals surface area contributed by atoms with E-state index in [0.717, 1.165) is 64.6 Å². The van der Waals surface area contributed by atoms with Gasteiger partial charge in [0.25, 0.3) is 5.91 Å². The van der Waals surface area contributed by atoms with Crippen molar-refractivity contribution in [3.63, 3.8) is 0 Å². The Balaban J connectivity index is 1.34. The topological polar surface area (TPSA) is 71.2 Å². The van der Waals surface area contributed by atoms with Crippen molar-refractivity contribution in [2.24, 2.45) is 7.05 Å². The Bertz CT molecular complexity index is 1380. The quantitative estimate of drug-likeness (QED) is 0.495. The second-order valence-corrected chi connectivity index (χ2v) is 9.59. The lowest BCUT2D eigenvalue weighted by Crippen LogP contribution is -2.45. The van der Waals surface area contributed by atoms with Crippen LogP contribution in [0.3, 0.4) is 0 Å². The number of aliphatic hydroxyl groups is 1. The van der Waals surface area contributed by atoms with Crippen LogP contribution in [0, 0.1) is 0 Å².